The van der Waals surface area contributed by atoms with Crippen LogP contribution in [0.5, 0.6) is 0 Å². The zero-order chi connectivity index (χ0) is 17.9. The third-order valence-electron chi connectivity index (χ3n) is 2.97. The third-order valence-corrected chi connectivity index (χ3v) is 4.11. The number of thiazole rings is 1. The molecule has 2 rings (SSSR count). The molecule has 5 nitrogen and oxygen atoms in total. The Morgan fingerprint density at radius 2 is 2.17 bits per heavy atom. The van der Waals surface area contributed by atoms with Crippen LogP contribution in [0, 0.1) is 0 Å². The molecule has 1 aromatic heterocycles. The van der Waals surface area contributed by atoms with Gasteiger partial charge in [0, 0.05) is 23.3 Å². The number of nitrogens with two attached hydrogens (primary N) is 1. The monoisotopic (exact) mass is 378 g/mol. The molecule has 0 radical (unpaired) electrons. The van der Waals surface area contributed by atoms with E-state index in [0.29, 0.717) is 11.7 Å². The SMILES string of the molecule is CN(CC(=O)Nc1ccc(Cl)c(C(F)(F)F)c1)Cc1cnc(N)s1. The Labute approximate surface area is 145 Å². The fourth-order valence-electron chi connectivity index (χ4n) is 1.98. The van der Waals surface area contributed by atoms with Gasteiger partial charge in [0.25, 0.3) is 0 Å². The molecule has 0 bridgehead atoms. The molecule has 10 heteroatoms. The molecule has 1 aromatic carbocycles. The molecule has 0 spiro atoms. The largest absolute Gasteiger partial charge is 0.417 e. The van der Waals surface area contributed by atoms with Crippen molar-refractivity contribution in [3.8, 4) is 0 Å². The number of likely N-dealkylation sites (N-methyl/N-ethyl adjacent to an activating group) is 1. The normalized spacial score (nSPS) is 11.8. The number of anilines is 2. The molecule has 0 aliphatic heterocycles. The van der Waals surface area contributed by atoms with Gasteiger partial charge in [-0.1, -0.05) is 11.6 Å². The Hall–Kier alpha value is -1.84. The van der Waals surface area contributed by atoms with Crippen LogP contribution in [0.4, 0.5) is 24.0 Å². The van der Waals surface area contributed by atoms with Crippen molar-refractivity contribution >= 4 is 39.7 Å². The van der Waals surface area contributed by atoms with Gasteiger partial charge in [-0.05, 0) is 25.2 Å². The van der Waals surface area contributed by atoms with E-state index in [0.717, 1.165) is 17.0 Å². The topological polar surface area (TPSA) is 71.2 Å². The second kappa shape index (κ2) is 7.37. The van der Waals surface area contributed by atoms with Gasteiger partial charge in [-0.25, -0.2) is 4.98 Å². The summed E-state index contributed by atoms with van der Waals surface area (Å²) in [5.41, 5.74) is 4.57. The van der Waals surface area contributed by atoms with Gasteiger partial charge < -0.3 is 11.1 Å². The first-order chi connectivity index (χ1) is 11.1. The van der Waals surface area contributed by atoms with E-state index in [9.17, 15) is 18.0 Å². The maximum atomic E-state index is 12.8. The number of benzene rings is 1. The van der Waals surface area contributed by atoms with E-state index in [1.54, 1.807) is 18.1 Å². The predicted octanol–water partition coefficient (Wildman–Crippen LogP) is 3.47. The van der Waals surface area contributed by atoms with Gasteiger partial charge >= 0.3 is 6.18 Å². The standard InChI is InChI=1S/C14H14ClF3N4OS/c1-22(6-9-5-20-13(19)24-9)7-12(23)21-8-2-3-11(15)10(4-8)14(16,17)18/h2-5H,6-7H2,1H3,(H2,19,20)(H,21,23). The second-order valence-electron chi connectivity index (χ2n) is 5.08. The van der Waals surface area contributed by atoms with Crippen molar-refractivity contribution in [3.05, 3.63) is 39.9 Å². The quantitative estimate of drug-likeness (QED) is 0.835. The number of carbonyl (C=O) groups excluding carboxylic acids is 1. The van der Waals surface area contributed by atoms with Crippen molar-refractivity contribution in [1.29, 1.82) is 0 Å². The van der Waals surface area contributed by atoms with E-state index < -0.39 is 22.7 Å². The summed E-state index contributed by atoms with van der Waals surface area (Å²) in [4.78, 5) is 18.4. The van der Waals surface area contributed by atoms with E-state index in [4.69, 9.17) is 17.3 Å². The molecular formula is C14H14ClF3N4OS. The van der Waals surface area contributed by atoms with Crippen LogP contribution in [0.3, 0.4) is 0 Å². The maximum absolute atomic E-state index is 12.8. The number of rotatable bonds is 5. The molecule has 0 aliphatic rings. The zero-order valence-electron chi connectivity index (χ0n) is 12.5. The highest BCUT2D eigenvalue weighted by atomic mass is 35.5. The van der Waals surface area contributed by atoms with Crippen LogP contribution >= 0.6 is 22.9 Å². The number of nitrogen functional groups attached to an aromatic ring is 1. The second-order valence-corrected chi connectivity index (χ2v) is 6.63. The lowest BCUT2D eigenvalue weighted by Gasteiger charge is -2.16. The molecule has 2 aromatic rings. The number of hydrogen-bond donors (Lipinski definition) is 2. The number of aromatic nitrogens is 1. The molecule has 130 valence electrons. The number of nitrogens with zero attached hydrogens (tertiary/aromatic N) is 2. The summed E-state index contributed by atoms with van der Waals surface area (Å²) in [6.07, 6.45) is -2.97. The number of amides is 1. The van der Waals surface area contributed by atoms with Crippen molar-refractivity contribution in [2.24, 2.45) is 0 Å². The van der Waals surface area contributed by atoms with Gasteiger partial charge in [0.1, 0.15) is 0 Å². The van der Waals surface area contributed by atoms with Gasteiger partial charge in [-0.2, -0.15) is 13.2 Å². The first-order valence-corrected chi connectivity index (χ1v) is 7.90. The summed E-state index contributed by atoms with van der Waals surface area (Å²) in [6, 6.07) is 3.23. The first-order valence-electron chi connectivity index (χ1n) is 6.70. The smallest absolute Gasteiger partial charge is 0.375 e. The highest BCUT2D eigenvalue weighted by Gasteiger charge is 2.33. The van der Waals surface area contributed by atoms with E-state index >= 15 is 0 Å². The first kappa shape index (κ1) is 18.5. The summed E-state index contributed by atoms with van der Waals surface area (Å²) in [5, 5.41) is 2.45. The summed E-state index contributed by atoms with van der Waals surface area (Å²) < 4.78 is 38.4. The van der Waals surface area contributed by atoms with Crippen molar-refractivity contribution in [2.45, 2.75) is 12.7 Å². The lowest BCUT2D eigenvalue weighted by molar-refractivity contribution is -0.137. The van der Waals surface area contributed by atoms with Crippen molar-refractivity contribution in [1.82, 2.24) is 9.88 Å². The maximum Gasteiger partial charge on any atom is 0.417 e. The molecule has 0 saturated carbocycles. The van der Waals surface area contributed by atoms with Crippen molar-refractivity contribution in [2.75, 3.05) is 24.6 Å². The van der Waals surface area contributed by atoms with Crippen LogP contribution in [-0.4, -0.2) is 29.4 Å². The fourth-order valence-corrected chi connectivity index (χ4v) is 2.97. The number of alkyl halides is 3. The molecule has 0 saturated heterocycles. The third kappa shape index (κ3) is 5.08. The van der Waals surface area contributed by atoms with Gasteiger partial charge in [0.2, 0.25) is 5.91 Å². The van der Waals surface area contributed by atoms with Crippen LogP contribution in [0.2, 0.25) is 5.02 Å². The zero-order valence-corrected chi connectivity index (χ0v) is 14.1. The Kier molecular flexibility index (Phi) is 5.68. The molecule has 3 N–H and O–H groups in total. The van der Waals surface area contributed by atoms with Crippen LogP contribution in [0.25, 0.3) is 0 Å². The Morgan fingerprint density at radius 1 is 1.46 bits per heavy atom. The molecule has 0 fully saturated rings. The number of nitrogens with one attached hydrogen (secondary N) is 1. The lowest BCUT2D eigenvalue weighted by atomic mass is 10.2. The van der Waals surface area contributed by atoms with Crippen molar-refractivity contribution < 1.29 is 18.0 Å². The molecule has 0 atom stereocenters. The minimum atomic E-state index is -4.58. The summed E-state index contributed by atoms with van der Waals surface area (Å²) in [7, 11) is 1.71. The fraction of sp³-hybridized carbons (Fsp3) is 0.286. The van der Waals surface area contributed by atoms with Gasteiger partial charge in [-0.3, -0.25) is 9.69 Å². The summed E-state index contributed by atoms with van der Waals surface area (Å²) >= 11 is 6.85. The summed E-state index contributed by atoms with van der Waals surface area (Å²) in [6.45, 7) is 0.457. The van der Waals surface area contributed by atoms with Gasteiger partial charge in [0.15, 0.2) is 5.13 Å². The lowest BCUT2D eigenvalue weighted by Crippen LogP contribution is -2.29. The highest BCUT2D eigenvalue weighted by molar-refractivity contribution is 7.15. The van der Waals surface area contributed by atoms with Crippen LogP contribution in [0.15, 0.2) is 24.4 Å². The Balaban J connectivity index is 1.97. The van der Waals surface area contributed by atoms with E-state index in [2.05, 4.69) is 10.3 Å². The molecule has 24 heavy (non-hydrogen) atoms. The Morgan fingerprint density at radius 3 is 2.75 bits per heavy atom. The van der Waals surface area contributed by atoms with E-state index in [1.807, 2.05) is 0 Å². The van der Waals surface area contributed by atoms with Crippen molar-refractivity contribution in [3.63, 3.8) is 0 Å². The van der Waals surface area contributed by atoms with E-state index in [-0.39, 0.29) is 12.2 Å². The molecule has 1 amide bonds. The Bertz CT molecular complexity index is 735. The van der Waals surface area contributed by atoms with Gasteiger partial charge in [0.05, 0.1) is 17.1 Å². The van der Waals surface area contributed by atoms with E-state index in [1.165, 1.54) is 17.4 Å². The number of carbonyl (C=O) groups is 1. The number of hydrogen-bond acceptors (Lipinski definition) is 5. The molecule has 0 unspecified atom stereocenters. The predicted molar refractivity (Wildman–Crippen MR) is 87.9 cm³/mol. The average molecular weight is 379 g/mol. The van der Waals surface area contributed by atoms with Crippen LogP contribution in [0.1, 0.15) is 10.4 Å². The number of halogens is 4. The van der Waals surface area contributed by atoms with Crippen LogP contribution < -0.4 is 11.1 Å². The minimum Gasteiger partial charge on any atom is -0.375 e. The highest BCUT2D eigenvalue weighted by Crippen LogP contribution is 2.36. The molecular weight excluding hydrogens is 365 g/mol. The molecule has 0 aliphatic carbocycles. The molecule has 1 heterocycles. The average Bonchev–Trinajstić information content (AvgIpc) is 2.84. The van der Waals surface area contributed by atoms with Gasteiger partial charge in [-0.15, -0.1) is 11.3 Å². The van der Waals surface area contributed by atoms with Crippen LogP contribution in [-0.2, 0) is 17.5 Å². The summed E-state index contributed by atoms with van der Waals surface area (Å²) in [5.74, 6) is -0.439. The minimum absolute atomic E-state index is 0.00177.